The third kappa shape index (κ3) is 5.73. The molecule has 0 radical (unpaired) electrons. The summed E-state index contributed by atoms with van der Waals surface area (Å²) >= 11 is 0. The molecule has 8 nitrogen and oxygen atoms in total. The van der Waals surface area contributed by atoms with Gasteiger partial charge in [0.1, 0.15) is 28.7 Å². The molecule has 29 heavy (non-hydrogen) atoms. The second-order valence-electron chi connectivity index (χ2n) is 6.28. The fraction of sp³-hybridized carbons (Fsp3) is 0.238. The average Bonchev–Trinajstić information content (AvgIpc) is 2.74. The molecule has 0 unspecified atom stereocenters. The Kier molecular flexibility index (Phi) is 6.70. The Morgan fingerprint density at radius 3 is 1.90 bits per heavy atom. The second kappa shape index (κ2) is 9.61. The summed E-state index contributed by atoms with van der Waals surface area (Å²) in [6, 6.07) is 14.4. The van der Waals surface area contributed by atoms with Gasteiger partial charge >= 0.3 is 6.01 Å². The highest BCUT2D eigenvalue weighted by Crippen LogP contribution is 2.31. The molecule has 3 aromatic rings. The third-order valence-corrected chi connectivity index (χ3v) is 3.89. The molecule has 0 fully saturated rings. The molecule has 0 amide bonds. The van der Waals surface area contributed by atoms with Gasteiger partial charge in [-0.05, 0) is 55.5 Å². The first-order valence-electron chi connectivity index (χ1n) is 9.07. The Hall–Kier alpha value is -3.52. The fourth-order valence-electron chi connectivity index (χ4n) is 2.37. The Balaban J connectivity index is 1.83. The maximum atomic E-state index is 5.95. The van der Waals surface area contributed by atoms with E-state index in [9.17, 15) is 0 Å². The molecule has 0 bridgehead atoms. The fourth-order valence-corrected chi connectivity index (χ4v) is 2.37. The van der Waals surface area contributed by atoms with Crippen LogP contribution in [0.25, 0.3) is 0 Å². The standard InChI is InChI=1S/C21H24N4O4/c1-14(22)12-23-19-13-24-21(29-18-10-6-16(27-3)7-11-18)25-20(19)28-17-8-4-15(26-2)5-9-17/h4-11,13-14,23H,12,22H2,1-3H3/t14-/m0/s1. The number of rotatable bonds is 9. The molecule has 1 heterocycles. The van der Waals surface area contributed by atoms with Gasteiger partial charge in [-0.25, -0.2) is 4.98 Å². The summed E-state index contributed by atoms with van der Waals surface area (Å²) in [7, 11) is 3.22. The van der Waals surface area contributed by atoms with E-state index in [4.69, 9.17) is 24.7 Å². The number of nitrogens with two attached hydrogens (primary N) is 1. The molecule has 152 valence electrons. The zero-order chi connectivity index (χ0) is 20.6. The molecule has 0 aliphatic rings. The van der Waals surface area contributed by atoms with Crippen LogP contribution in [0.5, 0.6) is 34.9 Å². The van der Waals surface area contributed by atoms with Crippen molar-refractivity contribution >= 4 is 5.69 Å². The zero-order valence-corrected chi connectivity index (χ0v) is 16.6. The lowest BCUT2D eigenvalue weighted by Gasteiger charge is -2.14. The highest BCUT2D eigenvalue weighted by atomic mass is 16.5. The number of nitrogens with zero attached hydrogens (tertiary/aromatic N) is 2. The van der Waals surface area contributed by atoms with Crippen LogP contribution in [0.4, 0.5) is 5.69 Å². The monoisotopic (exact) mass is 396 g/mol. The molecular weight excluding hydrogens is 372 g/mol. The molecule has 2 aromatic carbocycles. The van der Waals surface area contributed by atoms with Crippen LogP contribution in [-0.2, 0) is 0 Å². The van der Waals surface area contributed by atoms with E-state index in [2.05, 4.69) is 15.3 Å². The molecular formula is C21H24N4O4. The number of anilines is 1. The van der Waals surface area contributed by atoms with Gasteiger partial charge in [-0.15, -0.1) is 0 Å². The van der Waals surface area contributed by atoms with Crippen molar-refractivity contribution in [2.24, 2.45) is 5.73 Å². The summed E-state index contributed by atoms with van der Waals surface area (Å²) in [5.41, 5.74) is 6.45. The number of ether oxygens (including phenoxy) is 4. The number of aromatic nitrogens is 2. The van der Waals surface area contributed by atoms with Crippen LogP contribution in [0.15, 0.2) is 54.7 Å². The van der Waals surface area contributed by atoms with Crippen LogP contribution in [0.3, 0.4) is 0 Å². The van der Waals surface area contributed by atoms with Crippen molar-refractivity contribution in [1.29, 1.82) is 0 Å². The molecule has 0 aliphatic carbocycles. The predicted octanol–water partition coefficient (Wildman–Crippen LogP) is 3.84. The Bertz CT molecular complexity index is 915. The Morgan fingerprint density at radius 2 is 1.38 bits per heavy atom. The van der Waals surface area contributed by atoms with E-state index in [1.807, 2.05) is 6.92 Å². The highest BCUT2D eigenvalue weighted by Gasteiger charge is 2.12. The average molecular weight is 396 g/mol. The van der Waals surface area contributed by atoms with Crippen molar-refractivity contribution in [3.05, 3.63) is 54.7 Å². The van der Waals surface area contributed by atoms with Crippen molar-refractivity contribution in [2.75, 3.05) is 26.1 Å². The lowest BCUT2D eigenvalue weighted by atomic mass is 10.3. The van der Waals surface area contributed by atoms with E-state index < -0.39 is 0 Å². The van der Waals surface area contributed by atoms with Crippen molar-refractivity contribution in [3.8, 4) is 34.9 Å². The number of hydrogen-bond donors (Lipinski definition) is 2. The van der Waals surface area contributed by atoms with E-state index in [-0.39, 0.29) is 12.1 Å². The Labute approximate surface area is 169 Å². The number of hydrogen-bond acceptors (Lipinski definition) is 8. The molecule has 8 heteroatoms. The molecule has 0 spiro atoms. The van der Waals surface area contributed by atoms with Crippen molar-refractivity contribution in [1.82, 2.24) is 9.97 Å². The van der Waals surface area contributed by atoms with E-state index in [1.54, 1.807) is 68.9 Å². The van der Waals surface area contributed by atoms with Gasteiger partial charge in [-0.2, -0.15) is 4.98 Å². The smallest absolute Gasteiger partial charge is 0.325 e. The van der Waals surface area contributed by atoms with E-state index >= 15 is 0 Å². The summed E-state index contributed by atoms with van der Waals surface area (Å²) < 4.78 is 22.0. The van der Waals surface area contributed by atoms with Gasteiger partial charge in [0, 0.05) is 12.6 Å². The molecule has 0 saturated heterocycles. The quantitative estimate of drug-likeness (QED) is 0.563. The molecule has 1 aromatic heterocycles. The zero-order valence-electron chi connectivity index (χ0n) is 16.6. The van der Waals surface area contributed by atoms with Crippen LogP contribution in [0, 0.1) is 0 Å². The predicted molar refractivity (Wildman–Crippen MR) is 110 cm³/mol. The molecule has 0 saturated carbocycles. The Morgan fingerprint density at radius 1 is 0.862 bits per heavy atom. The minimum absolute atomic E-state index is 0.0425. The van der Waals surface area contributed by atoms with E-state index in [0.29, 0.717) is 29.6 Å². The van der Waals surface area contributed by atoms with E-state index in [0.717, 1.165) is 11.5 Å². The molecule has 0 aliphatic heterocycles. The maximum absolute atomic E-state index is 5.95. The van der Waals surface area contributed by atoms with Crippen LogP contribution in [0.1, 0.15) is 6.92 Å². The number of benzene rings is 2. The van der Waals surface area contributed by atoms with Gasteiger partial charge in [0.25, 0.3) is 0 Å². The number of nitrogens with one attached hydrogen (secondary N) is 1. The van der Waals surface area contributed by atoms with Gasteiger partial charge < -0.3 is 30.0 Å². The number of methoxy groups -OCH3 is 2. The van der Waals surface area contributed by atoms with Gasteiger partial charge in [-0.1, -0.05) is 0 Å². The summed E-state index contributed by atoms with van der Waals surface area (Å²) in [5.74, 6) is 2.98. The highest BCUT2D eigenvalue weighted by molar-refractivity contribution is 5.53. The minimum Gasteiger partial charge on any atom is -0.497 e. The topological polar surface area (TPSA) is 101 Å². The van der Waals surface area contributed by atoms with Crippen LogP contribution < -0.4 is 30.0 Å². The van der Waals surface area contributed by atoms with Crippen LogP contribution in [-0.4, -0.2) is 36.8 Å². The largest absolute Gasteiger partial charge is 0.497 e. The van der Waals surface area contributed by atoms with Crippen molar-refractivity contribution < 1.29 is 18.9 Å². The van der Waals surface area contributed by atoms with E-state index in [1.165, 1.54) is 0 Å². The second-order valence-corrected chi connectivity index (χ2v) is 6.28. The first-order chi connectivity index (χ1) is 14.1. The van der Waals surface area contributed by atoms with Gasteiger partial charge in [-0.3, -0.25) is 0 Å². The summed E-state index contributed by atoms with van der Waals surface area (Å²) in [5, 5.41) is 3.19. The molecule has 3 rings (SSSR count). The van der Waals surface area contributed by atoms with Crippen LogP contribution in [0.2, 0.25) is 0 Å². The van der Waals surface area contributed by atoms with Crippen LogP contribution >= 0.6 is 0 Å². The molecule has 3 N–H and O–H groups in total. The van der Waals surface area contributed by atoms with Crippen molar-refractivity contribution in [2.45, 2.75) is 13.0 Å². The van der Waals surface area contributed by atoms with Gasteiger partial charge in [0.2, 0.25) is 5.88 Å². The first kappa shape index (κ1) is 20.2. The lowest BCUT2D eigenvalue weighted by molar-refractivity contribution is 0.402. The van der Waals surface area contributed by atoms with Gasteiger partial charge in [0.15, 0.2) is 0 Å². The third-order valence-electron chi connectivity index (χ3n) is 3.89. The summed E-state index contributed by atoms with van der Waals surface area (Å²) in [6.45, 7) is 2.44. The normalized spacial score (nSPS) is 11.4. The van der Waals surface area contributed by atoms with Gasteiger partial charge in [0.05, 0.1) is 20.4 Å². The first-order valence-corrected chi connectivity index (χ1v) is 9.07. The maximum Gasteiger partial charge on any atom is 0.325 e. The SMILES string of the molecule is COc1ccc(Oc2ncc(NC[C@H](C)N)c(Oc3ccc(OC)cc3)n2)cc1. The summed E-state index contributed by atoms with van der Waals surface area (Å²) in [4.78, 5) is 8.66. The lowest BCUT2D eigenvalue weighted by Crippen LogP contribution is -2.25. The summed E-state index contributed by atoms with van der Waals surface area (Å²) in [6.07, 6.45) is 1.60. The molecule has 1 atom stereocenters. The van der Waals surface area contributed by atoms with Crippen molar-refractivity contribution in [3.63, 3.8) is 0 Å². The minimum atomic E-state index is -0.0425.